The Morgan fingerprint density at radius 1 is 1.10 bits per heavy atom. The number of nitrogens with one attached hydrogen (secondary N) is 1. The van der Waals surface area contributed by atoms with Gasteiger partial charge in [-0.05, 0) is 30.3 Å². The molecular weight excluding hydrogens is 383 g/mol. The minimum absolute atomic E-state index is 0.152. The number of benzene rings is 2. The molecule has 1 aliphatic heterocycles. The van der Waals surface area contributed by atoms with Crippen molar-refractivity contribution < 1.29 is 18.0 Å². The molecule has 1 N–H and O–H groups in total. The molecule has 29 heavy (non-hydrogen) atoms. The molecule has 6 nitrogen and oxygen atoms in total. The van der Waals surface area contributed by atoms with E-state index in [1.54, 1.807) is 12.4 Å². The minimum Gasteiger partial charge on any atom is -0.331 e. The summed E-state index contributed by atoms with van der Waals surface area (Å²) >= 11 is 0. The Hall–Kier alpha value is -3.80. The highest BCUT2D eigenvalue weighted by Gasteiger charge is 2.25. The summed E-state index contributed by atoms with van der Waals surface area (Å²) < 4.78 is 42.7. The monoisotopic (exact) mass is 397 g/mol. The second kappa shape index (κ2) is 7.31. The average Bonchev–Trinajstić information content (AvgIpc) is 3.12. The van der Waals surface area contributed by atoms with Crippen LogP contribution in [0.25, 0.3) is 11.3 Å². The van der Waals surface area contributed by atoms with Gasteiger partial charge in [0.15, 0.2) is 0 Å². The van der Waals surface area contributed by atoms with Crippen molar-refractivity contribution in [2.75, 3.05) is 11.9 Å². The quantitative estimate of drug-likeness (QED) is 0.713. The lowest BCUT2D eigenvalue weighted by Gasteiger charge is -2.29. The molecule has 2 heterocycles. The standard InChI is InChI=1S/C20H14F3N5O/c21-13-1-3-15(17(23)8-13)19-18-10-27(5-6-28(18)11-25-19)20(29)26-14-2-4-16(22)12(7-14)9-24/h1-4,7-8,11H,5-6,10H2,(H,26,29). The first-order valence-corrected chi connectivity index (χ1v) is 8.71. The summed E-state index contributed by atoms with van der Waals surface area (Å²) in [6.07, 6.45) is 1.56. The van der Waals surface area contributed by atoms with Crippen LogP contribution in [-0.2, 0) is 13.1 Å². The highest BCUT2D eigenvalue weighted by molar-refractivity contribution is 5.89. The number of fused-ring (bicyclic) bond motifs is 1. The number of hydrogen-bond acceptors (Lipinski definition) is 3. The Balaban J connectivity index is 1.56. The van der Waals surface area contributed by atoms with E-state index in [-0.39, 0.29) is 23.4 Å². The third kappa shape index (κ3) is 3.52. The normalized spacial score (nSPS) is 13.0. The maximum Gasteiger partial charge on any atom is 0.322 e. The number of anilines is 1. The number of carbonyl (C=O) groups is 1. The van der Waals surface area contributed by atoms with Gasteiger partial charge in [-0.3, -0.25) is 0 Å². The topological polar surface area (TPSA) is 74.0 Å². The summed E-state index contributed by atoms with van der Waals surface area (Å²) in [5, 5.41) is 11.5. The van der Waals surface area contributed by atoms with Gasteiger partial charge in [0.2, 0.25) is 0 Å². The number of nitrogens with zero attached hydrogens (tertiary/aromatic N) is 4. The van der Waals surface area contributed by atoms with E-state index >= 15 is 0 Å². The number of imidazole rings is 1. The largest absolute Gasteiger partial charge is 0.331 e. The minimum atomic E-state index is -0.733. The SMILES string of the molecule is N#Cc1cc(NC(=O)N2CCn3cnc(-c4ccc(F)cc4F)c3C2)ccc1F. The summed E-state index contributed by atoms with van der Waals surface area (Å²) in [4.78, 5) is 18.4. The van der Waals surface area contributed by atoms with Crippen molar-refractivity contribution in [3.63, 3.8) is 0 Å². The summed E-state index contributed by atoms with van der Waals surface area (Å²) in [6, 6.07) is 8.25. The molecular formula is C20H14F3N5O. The molecule has 146 valence electrons. The van der Waals surface area contributed by atoms with Gasteiger partial charge in [-0.25, -0.2) is 22.9 Å². The first-order valence-electron chi connectivity index (χ1n) is 8.71. The van der Waals surface area contributed by atoms with Crippen molar-refractivity contribution in [2.24, 2.45) is 0 Å². The summed E-state index contributed by atoms with van der Waals surface area (Å²) in [6.45, 7) is 0.989. The molecule has 0 spiro atoms. The fraction of sp³-hybridized carbons (Fsp3) is 0.150. The molecule has 1 aromatic heterocycles. The Bertz CT molecular complexity index is 1150. The highest BCUT2D eigenvalue weighted by atomic mass is 19.1. The van der Waals surface area contributed by atoms with Gasteiger partial charge in [-0.15, -0.1) is 0 Å². The number of hydrogen-bond donors (Lipinski definition) is 1. The van der Waals surface area contributed by atoms with E-state index < -0.39 is 23.5 Å². The van der Waals surface area contributed by atoms with Crippen molar-refractivity contribution >= 4 is 11.7 Å². The van der Waals surface area contributed by atoms with E-state index in [1.165, 1.54) is 23.1 Å². The molecule has 2 aromatic carbocycles. The van der Waals surface area contributed by atoms with Crippen LogP contribution in [0.4, 0.5) is 23.7 Å². The Kier molecular flexibility index (Phi) is 4.68. The predicted octanol–water partition coefficient (Wildman–Crippen LogP) is 3.89. The highest BCUT2D eigenvalue weighted by Crippen LogP contribution is 2.28. The number of halogens is 3. The third-order valence-corrected chi connectivity index (χ3v) is 4.71. The van der Waals surface area contributed by atoms with Crippen LogP contribution >= 0.6 is 0 Å². The third-order valence-electron chi connectivity index (χ3n) is 4.71. The van der Waals surface area contributed by atoms with E-state index in [0.717, 1.165) is 18.2 Å². The first kappa shape index (κ1) is 18.6. The molecule has 1 aliphatic rings. The summed E-state index contributed by atoms with van der Waals surface area (Å²) in [7, 11) is 0. The number of amides is 2. The molecule has 4 rings (SSSR count). The lowest BCUT2D eigenvalue weighted by molar-refractivity contribution is 0.197. The fourth-order valence-corrected chi connectivity index (χ4v) is 3.23. The van der Waals surface area contributed by atoms with Crippen molar-refractivity contribution in [2.45, 2.75) is 13.1 Å². The Morgan fingerprint density at radius 2 is 1.93 bits per heavy atom. The van der Waals surface area contributed by atoms with Gasteiger partial charge in [0.25, 0.3) is 0 Å². The fourth-order valence-electron chi connectivity index (χ4n) is 3.23. The molecule has 0 radical (unpaired) electrons. The molecule has 3 aromatic rings. The predicted molar refractivity (Wildman–Crippen MR) is 98.1 cm³/mol. The lowest BCUT2D eigenvalue weighted by Crippen LogP contribution is -2.40. The van der Waals surface area contributed by atoms with Gasteiger partial charge >= 0.3 is 6.03 Å². The van der Waals surface area contributed by atoms with Crippen molar-refractivity contribution in [3.8, 4) is 17.3 Å². The van der Waals surface area contributed by atoms with Crippen LogP contribution in [0.15, 0.2) is 42.7 Å². The molecule has 9 heteroatoms. The van der Waals surface area contributed by atoms with Gasteiger partial charge < -0.3 is 14.8 Å². The van der Waals surface area contributed by atoms with Gasteiger partial charge in [0.05, 0.1) is 29.8 Å². The average molecular weight is 397 g/mol. The molecule has 2 amide bonds. The van der Waals surface area contributed by atoms with E-state index in [9.17, 15) is 18.0 Å². The lowest BCUT2D eigenvalue weighted by atomic mass is 10.1. The Labute approximate surface area is 163 Å². The van der Waals surface area contributed by atoms with Crippen LogP contribution in [0.5, 0.6) is 0 Å². The molecule has 0 fully saturated rings. The zero-order chi connectivity index (χ0) is 20.5. The van der Waals surface area contributed by atoms with Crippen molar-refractivity contribution in [1.82, 2.24) is 14.5 Å². The number of nitriles is 1. The van der Waals surface area contributed by atoms with Crippen molar-refractivity contribution in [1.29, 1.82) is 5.26 Å². The molecule has 0 saturated heterocycles. The van der Waals surface area contributed by atoms with Crippen LogP contribution in [-0.4, -0.2) is 27.0 Å². The summed E-state index contributed by atoms with van der Waals surface area (Å²) in [5.74, 6) is -2.09. The van der Waals surface area contributed by atoms with E-state index in [4.69, 9.17) is 5.26 Å². The van der Waals surface area contributed by atoms with Gasteiger partial charge in [-0.2, -0.15) is 5.26 Å². The first-order chi connectivity index (χ1) is 14.0. The second-order valence-corrected chi connectivity index (χ2v) is 6.52. The smallest absolute Gasteiger partial charge is 0.322 e. The molecule has 0 aliphatic carbocycles. The number of urea groups is 1. The number of aromatic nitrogens is 2. The zero-order valence-electron chi connectivity index (χ0n) is 15.0. The molecule has 0 saturated carbocycles. The summed E-state index contributed by atoms with van der Waals surface area (Å²) in [5.41, 5.74) is 1.23. The number of rotatable bonds is 2. The van der Waals surface area contributed by atoms with Crippen LogP contribution in [0, 0.1) is 28.8 Å². The Morgan fingerprint density at radius 3 is 2.69 bits per heavy atom. The van der Waals surface area contributed by atoms with E-state index in [2.05, 4.69) is 10.3 Å². The molecule has 0 bridgehead atoms. The van der Waals surface area contributed by atoms with Crippen LogP contribution in [0.1, 0.15) is 11.3 Å². The van der Waals surface area contributed by atoms with Crippen molar-refractivity contribution in [3.05, 3.63) is 71.4 Å². The van der Waals surface area contributed by atoms with Crippen LogP contribution < -0.4 is 5.32 Å². The molecule has 0 atom stereocenters. The van der Waals surface area contributed by atoms with Crippen LogP contribution in [0.3, 0.4) is 0 Å². The van der Waals surface area contributed by atoms with Gasteiger partial charge in [-0.1, -0.05) is 0 Å². The maximum absolute atomic E-state index is 14.2. The second-order valence-electron chi connectivity index (χ2n) is 6.52. The number of carbonyl (C=O) groups excluding carboxylic acids is 1. The van der Waals surface area contributed by atoms with Gasteiger partial charge in [0.1, 0.15) is 23.5 Å². The molecule has 0 unspecified atom stereocenters. The van der Waals surface area contributed by atoms with Gasteiger partial charge in [0, 0.05) is 30.4 Å². The van der Waals surface area contributed by atoms with E-state index in [0.29, 0.717) is 24.5 Å². The zero-order valence-corrected chi connectivity index (χ0v) is 15.0. The van der Waals surface area contributed by atoms with Crippen LogP contribution in [0.2, 0.25) is 0 Å². The van der Waals surface area contributed by atoms with E-state index in [1.807, 2.05) is 4.57 Å². The maximum atomic E-state index is 14.2.